The molecule has 0 aromatic rings. The van der Waals surface area contributed by atoms with E-state index in [1.165, 1.54) is 4.31 Å². The molecule has 2 aliphatic rings. The summed E-state index contributed by atoms with van der Waals surface area (Å²) in [7, 11) is -3.41. The highest BCUT2D eigenvalue weighted by molar-refractivity contribution is 7.89. The van der Waals surface area contributed by atoms with Gasteiger partial charge in [-0.2, -0.15) is 0 Å². The quantitative estimate of drug-likeness (QED) is 0.805. The van der Waals surface area contributed by atoms with E-state index in [1.807, 2.05) is 0 Å². The first-order valence-electron chi connectivity index (χ1n) is 6.72. The highest BCUT2D eigenvalue weighted by atomic mass is 32.2. The second-order valence-electron chi connectivity index (χ2n) is 5.44. The first-order chi connectivity index (χ1) is 8.89. The number of nitrogens with zero attached hydrogens (tertiary/aromatic N) is 1. The maximum Gasteiger partial charge on any atom is 0.311 e. The van der Waals surface area contributed by atoms with E-state index >= 15 is 0 Å². The van der Waals surface area contributed by atoms with Crippen molar-refractivity contribution < 1.29 is 23.1 Å². The zero-order valence-electron chi connectivity index (χ0n) is 11.2. The lowest BCUT2D eigenvalue weighted by atomic mass is 9.85. The molecule has 0 spiro atoms. The summed E-state index contributed by atoms with van der Waals surface area (Å²) in [6, 6.07) is 0. The van der Waals surface area contributed by atoms with Gasteiger partial charge in [0.2, 0.25) is 10.0 Å². The first-order valence-corrected chi connectivity index (χ1v) is 8.33. The molecule has 2 unspecified atom stereocenters. The lowest BCUT2D eigenvalue weighted by Gasteiger charge is -2.23. The number of carboxylic acids is 1. The van der Waals surface area contributed by atoms with Crippen molar-refractivity contribution in [2.75, 3.05) is 25.4 Å². The topological polar surface area (TPSA) is 83.9 Å². The average Bonchev–Trinajstić information content (AvgIpc) is 2.97. The maximum absolute atomic E-state index is 12.3. The van der Waals surface area contributed by atoms with Gasteiger partial charge in [-0.05, 0) is 25.7 Å². The Morgan fingerprint density at radius 1 is 1.53 bits per heavy atom. The smallest absolute Gasteiger partial charge is 0.311 e. The largest absolute Gasteiger partial charge is 0.481 e. The van der Waals surface area contributed by atoms with Crippen LogP contribution in [0.3, 0.4) is 0 Å². The molecule has 2 rings (SSSR count). The second kappa shape index (κ2) is 5.38. The zero-order valence-corrected chi connectivity index (χ0v) is 12.0. The maximum atomic E-state index is 12.3. The zero-order chi connectivity index (χ0) is 14.1. The number of sulfonamides is 1. The standard InChI is InChI=1S/C12H21NO5S/c1-2-12(11(14)15)5-6-13(9-12)19(16,17)8-10-4-3-7-18-10/h10H,2-9H2,1H3,(H,14,15). The van der Waals surface area contributed by atoms with Gasteiger partial charge in [0.05, 0.1) is 17.3 Å². The van der Waals surface area contributed by atoms with Crippen LogP contribution in [0, 0.1) is 5.41 Å². The number of carbonyl (C=O) groups is 1. The Hall–Kier alpha value is -0.660. The third-order valence-electron chi connectivity index (χ3n) is 4.26. The lowest BCUT2D eigenvalue weighted by Crippen LogP contribution is -2.39. The summed E-state index contributed by atoms with van der Waals surface area (Å²) in [5.41, 5.74) is -0.913. The third-order valence-corrected chi connectivity index (χ3v) is 6.15. The molecule has 2 fully saturated rings. The van der Waals surface area contributed by atoms with E-state index < -0.39 is 21.4 Å². The minimum Gasteiger partial charge on any atom is -0.481 e. The molecular weight excluding hydrogens is 270 g/mol. The van der Waals surface area contributed by atoms with Crippen LogP contribution in [-0.4, -0.2) is 55.4 Å². The van der Waals surface area contributed by atoms with Crippen LogP contribution in [0.4, 0.5) is 0 Å². The molecule has 0 saturated carbocycles. The molecule has 1 N–H and O–H groups in total. The number of carboxylic acid groups (broad SMARTS) is 1. The highest BCUT2D eigenvalue weighted by Crippen LogP contribution is 2.36. The summed E-state index contributed by atoms with van der Waals surface area (Å²) >= 11 is 0. The van der Waals surface area contributed by atoms with Crippen molar-refractivity contribution in [3.05, 3.63) is 0 Å². The molecule has 7 heteroatoms. The van der Waals surface area contributed by atoms with Crippen LogP contribution >= 0.6 is 0 Å². The normalized spacial score (nSPS) is 32.8. The molecule has 0 aromatic heterocycles. The van der Waals surface area contributed by atoms with E-state index in [0.717, 1.165) is 12.8 Å². The highest BCUT2D eigenvalue weighted by Gasteiger charge is 2.47. The van der Waals surface area contributed by atoms with Crippen molar-refractivity contribution >= 4 is 16.0 Å². The van der Waals surface area contributed by atoms with E-state index in [0.29, 0.717) is 26.0 Å². The molecule has 110 valence electrons. The van der Waals surface area contributed by atoms with Gasteiger partial charge in [0.25, 0.3) is 0 Å². The van der Waals surface area contributed by atoms with E-state index in [1.54, 1.807) is 6.92 Å². The van der Waals surface area contributed by atoms with Crippen LogP contribution in [0.25, 0.3) is 0 Å². The molecule has 0 radical (unpaired) electrons. The Balaban J connectivity index is 2.04. The van der Waals surface area contributed by atoms with E-state index in [4.69, 9.17) is 4.74 Å². The summed E-state index contributed by atoms with van der Waals surface area (Å²) in [5, 5.41) is 9.29. The molecule has 0 amide bonds. The summed E-state index contributed by atoms with van der Waals surface area (Å²) in [6.07, 6.45) is 2.28. The molecular formula is C12H21NO5S. The van der Waals surface area contributed by atoms with Crippen molar-refractivity contribution in [3.63, 3.8) is 0 Å². The van der Waals surface area contributed by atoms with Crippen LogP contribution in [0.2, 0.25) is 0 Å². The van der Waals surface area contributed by atoms with Crippen LogP contribution in [0.1, 0.15) is 32.6 Å². The fourth-order valence-corrected chi connectivity index (χ4v) is 4.56. The van der Waals surface area contributed by atoms with Gasteiger partial charge in [0.15, 0.2) is 0 Å². The Labute approximate surface area is 113 Å². The fourth-order valence-electron chi connectivity index (χ4n) is 2.80. The summed E-state index contributed by atoms with van der Waals surface area (Å²) < 4.78 is 31.2. The van der Waals surface area contributed by atoms with E-state index in [9.17, 15) is 18.3 Å². The number of ether oxygens (including phenoxy) is 1. The molecule has 19 heavy (non-hydrogen) atoms. The molecule has 0 aromatic carbocycles. The van der Waals surface area contributed by atoms with Crippen molar-refractivity contribution in [2.45, 2.75) is 38.7 Å². The van der Waals surface area contributed by atoms with Crippen molar-refractivity contribution in [1.82, 2.24) is 4.31 Å². The van der Waals surface area contributed by atoms with Gasteiger partial charge in [-0.3, -0.25) is 4.79 Å². The molecule has 2 aliphatic heterocycles. The van der Waals surface area contributed by atoms with E-state index in [2.05, 4.69) is 0 Å². The number of hydrogen-bond acceptors (Lipinski definition) is 4. The van der Waals surface area contributed by atoms with Crippen LogP contribution < -0.4 is 0 Å². The van der Waals surface area contributed by atoms with Gasteiger partial charge in [0.1, 0.15) is 0 Å². The van der Waals surface area contributed by atoms with Gasteiger partial charge in [0, 0.05) is 19.7 Å². The Bertz CT molecular complexity index is 443. The molecule has 0 bridgehead atoms. The summed E-state index contributed by atoms with van der Waals surface area (Å²) in [5.74, 6) is -0.920. The van der Waals surface area contributed by atoms with Gasteiger partial charge < -0.3 is 9.84 Å². The summed E-state index contributed by atoms with van der Waals surface area (Å²) in [4.78, 5) is 11.3. The third kappa shape index (κ3) is 2.93. The molecule has 0 aliphatic carbocycles. The van der Waals surface area contributed by atoms with Crippen molar-refractivity contribution in [2.24, 2.45) is 5.41 Å². The van der Waals surface area contributed by atoms with E-state index in [-0.39, 0.29) is 18.4 Å². The summed E-state index contributed by atoms with van der Waals surface area (Å²) in [6.45, 7) is 2.81. The molecule has 2 heterocycles. The molecule has 6 nitrogen and oxygen atoms in total. The minimum atomic E-state index is -3.41. The number of aliphatic carboxylic acids is 1. The van der Waals surface area contributed by atoms with Gasteiger partial charge in [-0.15, -0.1) is 0 Å². The van der Waals surface area contributed by atoms with Crippen molar-refractivity contribution in [1.29, 1.82) is 0 Å². The number of hydrogen-bond donors (Lipinski definition) is 1. The van der Waals surface area contributed by atoms with Gasteiger partial charge in [-0.1, -0.05) is 6.92 Å². The average molecular weight is 291 g/mol. The predicted molar refractivity (Wildman–Crippen MR) is 69.3 cm³/mol. The predicted octanol–water partition coefficient (Wildman–Crippen LogP) is 0.682. The van der Waals surface area contributed by atoms with Gasteiger partial charge >= 0.3 is 5.97 Å². The Morgan fingerprint density at radius 2 is 2.26 bits per heavy atom. The SMILES string of the molecule is CCC1(C(=O)O)CCN(S(=O)(=O)CC2CCCO2)C1. The Morgan fingerprint density at radius 3 is 2.74 bits per heavy atom. The number of rotatable bonds is 5. The van der Waals surface area contributed by atoms with Crippen molar-refractivity contribution in [3.8, 4) is 0 Å². The lowest BCUT2D eigenvalue weighted by molar-refractivity contribution is -0.148. The fraction of sp³-hybridized carbons (Fsp3) is 0.917. The molecule has 2 atom stereocenters. The van der Waals surface area contributed by atoms with Crippen LogP contribution in [0.5, 0.6) is 0 Å². The van der Waals surface area contributed by atoms with Crippen LogP contribution in [0.15, 0.2) is 0 Å². The monoisotopic (exact) mass is 291 g/mol. The van der Waals surface area contributed by atoms with Gasteiger partial charge in [-0.25, -0.2) is 12.7 Å². The molecule has 2 saturated heterocycles. The second-order valence-corrected chi connectivity index (χ2v) is 7.45. The first kappa shape index (κ1) is 14.7. The Kier molecular flexibility index (Phi) is 4.17. The minimum absolute atomic E-state index is 0.0214. The van der Waals surface area contributed by atoms with Crippen LogP contribution in [-0.2, 0) is 19.6 Å².